The van der Waals surface area contributed by atoms with Gasteiger partial charge in [0, 0.05) is 18.7 Å². The summed E-state index contributed by atoms with van der Waals surface area (Å²) in [6.45, 7) is 8.19. The Morgan fingerprint density at radius 1 is 1.02 bits per heavy atom. The Kier molecular flexibility index (Phi) is 8.11. The van der Waals surface area contributed by atoms with E-state index in [1.165, 1.54) is 6.07 Å². The summed E-state index contributed by atoms with van der Waals surface area (Å²) in [5.74, 6) is -0.112. The van der Waals surface area contributed by atoms with Gasteiger partial charge in [-0.2, -0.15) is 21.6 Å². The Morgan fingerprint density at radius 2 is 1.65 bits per heavy atom. The first-order chi connectivity index (χ1) is 18.7. The van der Waals surface area contributed by atoms with Crippen molar-refractivity contribution in [3.63, 3.8) is 0 Å². The number of alkyl halides is 3. The van der Waals surface area contributed by atoms with E-state index in [1.807, 2.05) is 11.8 Å². The average Bonchev–Trinajstić information content (AvgIpc) is 2.88. The van der Waals surface area contributed by atoms with E-state index in [4.69, 9.17) is 4.74 Å². The molecule has 4 rings (SSSR count). The predicted molar refractivity (Wildman–Crippen MR) is 145 cm³/mol. The van der Waals surface area contributed by atoms with Gasteiger partial charge in [0.2, 0.25) is 0 Å². The second-order valence-corrected chi connectivity index (χ2v) is 11.7. The monoisotopic (exact) mass is 576 g/mol. The van der Waals surface area contributed by atoms with E-state index in [0.717, 1.165) is 12.1 Å². The van der Waals surface area contributed by atoms with E-state index >= 15 is 0 Å². The lowest BCUT2D eigenvalue weighted by molar-refractivity contribution is -0.155. The number of sulfonamides is 1. The number of benzene rings is 1. The zero-order valence-electron chi connectivity index (χ0n) is 22.7. The van der Waals surface area contributed by atoms with Crippen molar-refractivity contribution in [2.24, 2.45) is 5.41 Å². The molecule has 1 saturated heterocycles. The van der Waals surface area contributed by atoms with E-state index in [2.05, 4.69) is 14.7 Å². The summed E-state index contributed by atoms with van der Waals surface area (Å²) < 4.78 is 75.6. The molecule has 40 heavy (non-hydrogen) atoms. The number of esters is 1. The van der Waals surface area contributed by atoms with Crippen LogP contribution in [-0.2, 0) is 25.7 Å². The maximum atomic E-state index is 13.9. The number of aromatic nitrogens is 2. The number of ether oxygens (including phenoxy) is 1. The molecule has 1 N–H and O–H groups in total. The van der Waals surface area contributed by atoms with Crippen molar-refractivity contribution in [2.45, 2.75) is 51.7 Å². The second-order valence-electron chi connectivity index (χ2n) is 10.1. The standard InChI is InChI=1S/C28H31F3N4O4S/c1-5-39-26(36)27(4)14-16-35(17-15-27)22-10-7-11-23(33-22)40(37,38)34-21-13-12-20(28(29,30)31)25(32-21)24-18(2)8-6-9-19(24)3/h6-13H,5,14-17H2,1-4H3,(H,32,34). The molecule has 0 saturated carbocycles. The molecule has 0 bridgehead atoms. The van der Waals surface area contributed by atoms with Crippen LogP contribution in [-0.4, -0.2) is 44.1 Å². The van der Waals surface area contributed by atoms with Gasteiger partial charge in [-0.05, 0) is 75.9 Å². The van der Waals surface area contributed by atoms with Crippen molar-refractivity contribution in [3.8, 4) is 11.3 Å². The van der Waals surface area contributed by atoms with Crippen LogP contribution in [0.25, 0.3) is 11.3 Å². The van der Waals surface area contributed by atoms with E-state index < -0.39 is 27.2 Å². The van der Waals surface area contributed by atoms with Crippen molar-refractivity contribution < 1.29 is 31.1 Å². The van der Waals surface area contributed by atoms with Crippen molar-refractivity contribution in [2.75, 3.05) is 29.3 Å². The van der Waals surface area contributed by atoms with Crippen LogP contribution in [0.2, 0.25) is 0 Å². The van der Waals surface area contributed by atoms with Crippen LogP contribution >= 0.6 is 0 Å². The first kappa shape index (κ1) is 29.3. The molecule has 3 heterocycles. The van der Waals surface area contributed by atoms with Gasteiger partial charge in [-0.15, -0.1) is 0 Å². The molecule has 0 atom stereocenters. The topological polar surface area (TPSA) is 101 Å². The molecular weight excluding hydrogens is 545 g/mol. The highest BCUT2D eigenvalue weighted by molar-refractivity contribution is 7.92. The highest BCUT2D eigenvalue weighted by Gasteiger charge is 2.39. The van der Waals surface area contributed by atoms with Crippen LogP contribution in [0, 0.1) is 19.3 Å². The first-order valence-corrected chi connectivity index (χ1v) is 14.3. The summed E-state index contributed by atoms with van der Waals surface area (Å²) in [4.78, 5) is 22.6. The number of hydrogen-bond donors (Lipinski definition) is 1. The summed E-state index contributed by atoms with van der Waals surface area (Å²) in [6, 6.07) is 11.4. The smallest absolute Gasteiger partial charge is 0.418 e. The second kappa shape index (κ2) is 11.1. The molecule has 1 aliphatic rings. The molecule has 0 radical (unpaired) electrons. The fraction of sp³-hybridized carbons (Fsp3) is 0.393. The van der Waals surface area contributed by atoms with Gasteiger partial charge in [0.15, 0.2) is 5.03 Å². The van der Waals surface area contributed by atoms with E-state index in [-0.39, 0.29) is 28.1 Å². The van der Waals surface area contributed by atoms with E-state index in [0.29, 0.717) is 49.5 Å². The Labute approximate surface area is 231 Å². The minimum absolute atomic E-state index is 0.257. The van der Waals surface area contributed by atoms with Crippen molar-refractivity contribution >= 4 is 27.6 Å². The maximum absolute atomic E-state index is 13.9. The molecule has 1 aromatic carbocycles. The van der Waals surface area contributed by atoms with Crippen molar-refractivity contribution in [1.82, 2.24) is 9.97 Å². The van der Waals surface area contributed by atoms with Gasteiger partial charge in [-0.1, -0.05) is 24.3 Å². The van der Waals surface area contributed by atoms with Crippen LogP contribution in [0.5, 0.6) is 0 Å². The Bertz CT molecular complexity index is 1500. The van der Waals surface area contributed by atoms with Gasteiger partial charge in [0.1, 0.15) is 11.6 Å². The number of pyridine rings is 2. The molecule has 8 nitrogen and oxygen atoms in total. The van der Waals surface area contributed by atoms with Gasteiger partial charge in [-0.3, -0.25) is 9.52 Å². The van der Waals surface area contributed by atoms with E-state index in [1.54, 1.807) is 51.1 Å². The summed E-state index contributed by atoms with van der Waals surface area (Å²) >= 11 is 0. The molecule has 0 amide bonds. The van der Waals surface area contributed by atoms with Gasteiger partial charge in [0.25, 0.3) is 10.0 Å². The van der Waals surface area contributed by atoms with Crippen molar-refractivity contribution in [1.29, 1.82) is 0 Å². The van der Waals surface area contributed by atoms with Crippen LogP contribution in [0.1, 0.15) is 43.4 Å². The fourth-order valence-electron chi connectivity index (χ4n) is 4.78. The number of nitrogens with one attached hydrogen (secondary N) is 1. The molecule has 214 valence electrons. The molecule has 0 spiro atoms. The highest BCUT2D eigenvalue weighted by atomic mass is 32.2. The Balaban J connectivity index is 1.61. The quantitative estimate of drug-likeness (QED) is 0.358. The number of halogens is 3. The summed E-state index contributed by atoms with van der Waals surface area (Å²) in [6.07, 6.45) is -3.67. The largest absolute Gasteiger partial charge is 0.466 e. The Morgan fingerprint density at radius 3 is 2.25 bits per heavy atom. The van der Waals surface area contributed by atoms with Gasteiger partial charge in [-0.25, -0.2) is 9.97 Å². The SMILES string of the molecule is CCOC(=O)C1(C)CCN(c2cccc(S(=O)(=O)Nc3ccc(C(F)(F)F)c(-c4c(C)cccc4C)n3)n2)CC1. The van der Waals surface area contributed by atoms with Crippen LogP contribution < -0.4 is 9.62 Å². The molecule has 0 unspecified atom stereocenters. The number of carbonyl (C=O) groups excluding carboxylic acids is 1. The number of nitrogens with zero attached hydrogens (tertiary/aromatic N) is 3. The lowest BCUT2D eigenvalue weighted by Crippen LogP contribution is -2.43. The molecular formula is C28H31F3N4O4S. The summed E-state index contributed by atoms with van der Waals surface area (Å²) in [5.41, 5.74) is -0.508. The first-order valence-electron chi connectivity index (χ1n) is 12.8. The van der Waals surface area contributed by atoms with Crippen LogP contribution in [0.3, 0.4) is 0 Å². The number of anilines is 2. The number of hydrogen-bond acceptors (Lipinski definition) is 7. The highest BCUT2D eigenvalue weighted by Crippen LogP contribution is 2.39. The molecule has 3 aromatic rings. The zero-order valence-corrected chi connectivity index (χ0v) is 23.5. The third kappa shape index (κ3) is 6.06. The van der Waals surface area contributed by atoms with Crippen LogP contribution in [0.15, 0.2) is 53.6 Å². The third-order valence-corrected chi connectivity index (χ3v) is 8.36. The summed E-state index contributed by atoms with van der Waals surface area (Å²) in [7, 11) is -4.29. The van der Waals surface area contributed by atoms with Gasteiger partial charge < -0.3 is 9.64 Å². The van der Waals surface area contributed by atoms with Crippen LogP contribution in [0.4, 0.5) is 24.8 Å². The molecule has 2 aromatic heterocycles. The van der Waals surface area contributed by atoms with Gasteiger partial charge in [0.05, 0.1) is 23.3 Å². The van der Waals surface area contributed by atoms with Crippen molar-refractivity contribution in [3.05, 3.63) is 65.2 Å². The lowest BCUT2D eigenvalue weighted by atomic mass is 9.80. The minimum atomic E-state index is -4.69. The lowest BCUT2D eigenvalue weighted by Gasteiger charge is -2.38. The minimum Gasteiger partial charge on any atom is -0.466 e. The van der Waals surface area contributed by atoms with Gasteiger partial charge >= 0.3 is 12.1 Å². The van der Waals surface area contributed by atoms with E-state index in [9.17, 15) is 26.4 Å². The number of carbonyl (C=O) groups is 1. The molecule has 12 heteroatoms. The molecule has 0 aliphatic carbocycles. The summed E-state index contributed by atoms with van der Waals surface area (Å²) in [5, 5.41) is -0.306. The zero-order chi connectivity index (χ0) is 29.3. The average molecular weight is 577 g/mol. The fourth-order valence-corrected chi connectivity index (χ4v) is 5.75. The molecule has 1 aliphatic heterocycles. The molecule has 1 fully saturated rings. The predicted octanol–water partition coefficient (Wildman–Crippen LogP) is 5.75. The Hall–Kier alpha value is -3.67. The normalized spacial score (nSPS) is 15.5. The third-order valence-electron chi connectivity index (χ3n) is 7.10. The maximum Gasteiger partial charge on any atom is 0.418 e. The number of aryl methyl sites for hydroxylation is 2. The number of rotatable bonds is 7. The number of piperidine rings is 1.